The zero-order valence-corrected chi connectivity index (χ0v) is 9.88. The molecule has 1 fully saturated rings. The summed E-state index contributed by atoms with van der Waals surface area (Å²) >= 11 is 11.7. The Morgan fingerprint density at radius 3 is 2.50 bits per heavy atom. The quantitative estimate of drug-likeness (QED) is 0.909. The first-order valence-electron chi connectivity index (χ1n) is 4.79. The molecule has 16 heavy (non-hydrogen) atoms. The average molecular weight is 261 g/mol. The van der Waals surface area contributed by atoms with Gasteiger partial charge in [0.05, 0.1) is 35.1 Å². The van der Waals surface area contributed by atoms with E-state index in [9.17, 15) is 4.79 Å². The third kappa shape index (κ3) is 2.03. The van der Waals surface area contributed by atoms with Crippen LogP contribution in [0.1, 0.15) is 12.0 Å². The highest BCUT2D eigenvalue weighted by Crippen LogP contribution is 2.38. The maximum absolute atomic E-state index is 10.8. The highest BCUT2D eigenvalue weighted by atomic mass is 35.5. The fraction of sp³-hybridized carbons (Fsp3) is 0.364. The smallest absolute Gasteiger partial charge is 0.304 e. The number of hydrogen-bond acceptors (Lipinski definition) is 2. The Hall–Kier alpha value is -0.770. The molecule has 0 bridgehead atoms. The molecule has 1 aliphatic heterocycles. The molecule has 0 spiro atoms. The molecular formula is C11H10Cl2O3. The standard InChI is InChI=1S/C11H10Cl2O3/c12-8-2-1-7(3-9(8)13)11(4-10(14)15)5-16-6-11/h1-3H,4-6H2,(H,14,15). The number of carboxylic acid groups (broad SMARTS) is 1. The summed E-state index contributed by atoms with van der Waals surface area (Å²) in [5.74, 6) is -0.839. The van der Waals surface area contributed by atoms with E-state index in [1.807, 2.05) is 0 Å². The third-order valence-corrected chi connectivity index (χ3v) is 3.52. The lowest BCUT2D eigenvalue weighted by atomic mass is 9.76. The van der Waals surface area contributed by atoms with E-state index in [2.05, 4.69) is 0 Å². The maximum atomic E-state index is 10.8. The van der Waals surface area contributed by atoms with E-state index in [4.69, 9.17) is 33.0 Å². The van der Waals surface area contributed by atoms with Crippen molar-refractivity contribution in [3.63, 3.8) is 0 Å². The van der Waals surface area contributed by atoms with E-state index in [0.29, 0.717) is 23.3 Å². The van der Waals surface area contributed by atoms with Crippen molar-refractivity contribution in [2.24, 2.45) is 0 Å². The minimum atomic E-state index is -0.839. The van der Waals surface area contributed by atoms with Crippen molar-refractivity contribution in [1.29, 1.82) is 0 Å². The Kier molecular flexibility index (Phi) is 3.10. The zero-order valence-electron chi connectivity index (χ0n) is 8.37. The normalized spacial score (nSPS) is 17.9. The molecule has 1 aliphatic rings. The van der Waals surface area contributed by atoms with Crippen molar-refractivity contribution < 1.29 is 14.6 Å². The minimum Gasteiger partial charge on any atom is -0.481 e. The molecule has 86 valence electrons. The Morgan fingerprint density at radius 1 is 1.38 bits per heavy atom. The van der Waals surface area contributed by atoms with E-state index in [1.165, 1.54) is 0 Å². The second kappa shape index (κ2) is 4.24. The van der Waals surface area contributed by atoms with Gasteiger partial charge in [0, 0.05) is 0 Å². The number of aliphatic carboxylic acids is 1. The number of carbonyl (C=O) groups is 1. The molecule has 0 radical (unpaired) electrons. The van der Waals surface area contributed by atoms with Crippen LogP contribution in [-0.4, -0.2) is 24.3 Å². The van der Waals surface area contributed by atoms with E-state index < -0.39 is 11.4 Å². The van der Waals surface area contributed by atoms with Crippen LogP contribution in [0.3, 0.4) is 0 Å². The molecule has 1 aromatic rings. The van der Waals surface area contributed by atoms with E-state index in [1.54, 1.807) is 18.2 Å². The van der Waals surface area contributed by atoms with Gasteiger partial charge < -0.3 is 9.84 Å². The Labute approximate surface area is 103 Å². The number of hydrogen-bond donors (Lipinski definition) is 1. The van der Waals surface area contributed by atoms with Crippen molar-refractivity contribution in [2.45, 2.75) is 11.8 Å². The first-order chi connectivity index (χ1) is 7.53. The predicted octanol–water partition coefficient (Wildman–Crippen LogP) is 2.74. The number of ether oxygens (including phenoxy) is 1. The number of benzene rings is 1. The summed E-state index contributed by atoms with van der Waals surface area (Å²) in [6.07, 6.45) is 0.0466. The SMILES string of the molecule is O=C(O)CC1(c2ccc(Cl)c(Cl)c2)COC1. The van der Waals surface area contributed by atoms with Gasteiger partial charge in [-0.1, -0.05) is 29.3 Å². The lowest BCUT2D eigenvalue weighted by molar-refractivity contribution is -0.145. The van der Waals surface area contributed by atoms with Crippen LogP contribution in [0.5, 0.6) is 0 Å². The largest absolute Gasteiger partial charge is 0.481 e. The topological polar surface area (TPSA) is 46.5 Å². The van der Waals surface area contributed by atoms with Crippen molar-refractivity contribution in [1.82, 2.24) is 0 Å². The molecule has 0 saturated carbocycles. The lowest BCUT2D eigenvalue weighted by Crippen LogP contribution is -2.48. The van der Waals surface area contributed by atoms with Gasteiger partial charge in [0.2, 0.25) is 0 Å². The van der Waals surface area contributed by atoms with E-state index >= 15 is 0 Å². The number of rotatable bonds is 3. The molecule has 0 atom stereocenters. The van der Waals surface area contributed by atoms with Crippen molar-refractivity contribution in [3.05, 3.63) is 33.8 Å². The average Bonchev–Trinajstić information content (AvgIpc) is 2.16. The van der Waals surface area contributed by atoms with Crippen LogP contribution in [-0.2, 0) is 14.9 Å². The highest BCUT2D eigenvalue weighted by molar-refractivity contribution is 6.42. The molecular weight excluding hydrogens is 251 g/mol. The van der Waals surface area contributed by atoms with E-state index in [-0.39, 0.29) is 6.42 Å². The second-order valence-corrected chi connectivity index (χ2v) is 4.79. The molecule has 3 nitrogen and oxygen atoms in total. The molecule has 0 aromatic heterocycles. The Morgan fingerprint density at radius 2 is 2.06 bits per heavy atom. The highest BCUT2D eigenvalue weighted by Gasteiger charge is 2.42. The molecule has 5 heteroatoms. The number of carboxylic acids is 1. The van der Waals surface area contributed by atoms with Crippen LogP contribution >= 0.6 is 23.2 Å². The van der Waals surface area contributed by atoms with Crippen LogP contribution in [0, 0.1) is 0 Å². The Balaban J connectivity index is 2.33. The molecule has 1 aromatic carbocycles. The van der Waals surface area contributed by atoms with Crippen LogP contribution in [0.25, 0.3) is 0 Å². The van der Waals surface area contributed by atoms with Crippen LogP contribution in [0.2, 0.25) is 10.0 Å². The fourth-order valence-corrected chi connectivity index (χ4v) is 2.13. The predicted molar refractivity (Wildman–Crippen MR) is 61.2 cm³/mol. The van der Waals surface area contributed by atoms with Gasteiger partial charge in [-0.05, 0) is 17.7 Å². The summed E-state index contributed by atoms with van der Waals surface area (Å²) in [7, 11) is 0. The third-order valence-electron chi connectivity index (χ3n) is 2.78. The zero-order chi connectivity index (χ0) is 11.8. The van der Waals surface area contributed by atoms with Crippen LogP contribution in [0.15, 0.2) is 18.2 Å². The number of halogens is 2. The summed E-state index contributed by atoms with van der Waals surface area (Å²) in [5, 5.41) is 9.79. The summed E-state index contributed by atoms with van der Waals surface area (Å²) in [4.78, 5) is 10.8. The van der Waals surface area contributed by atoms with Crippen LogP contribution < -0.4 is 0 Å². The molecule has 1 N–H and O–H groups in total. The summed E-state index contributed by atoms with van der Waals surface area (Å²) in [6, 6.07) is 5.20. The van der Waals surface area contributed by atoms with Crippen LogP contribution in [0.4, 0.5) is 0 Å². The van der Waals surface area contributed by atoms with Gasteiger partial charge in [-0.2, -0.15) is 0 Å². The molecule has 0 aliphatic carbocycles. The fourth-order valence-electron chi connectivity index (χ4n) is 1.83. The summed E-state index contributed by atoms with van der Waals surface area (Å²) in [5.41, 5.74) is 0.426. The van der Waals surface area contributed by atoms with Crippen molar-refractivity contribution >= 4 is 29.2 Å². The molecule has 0 unspecified atom stereocenters. The van der Waals surface area contributed by atoms with E-state index in [0.717, 1.165) is 5.56 Å². The van der Waals surface area contributed by atoms with Crippen molar-refractivity contribution in [3.8, 4) is 0 Å². The van der Waals surface area contributed by atoms with Gasteiger partial charge >= 0.3 is 5.97 Å². The lowest BCUT2D eigenvalue weighted by Gasteiger charge is -2.41. The van der Waals surface area contributed by atoms with Gasteiger partial charge in [0.1, 0.15) is 0 Å². The first-order valence-corrected chi connectivity index (χ1v) is 5.54. The minimum absolute atomic E-state index is 0.0466. The van der Waals surface area contributed by atoms with Gasteiger partial charge in [0.25, 0.3) is 0 Å². The van der Waals surface area contributed by atoms with Crippen molar-refractivity contribution in [2.75, 3.05) is 13.2 Å². The van der Waals surface area contributed by atoms with Gasteiger partial charge in [-0.3, -0.25) is 4.79 Å². The van der Waals surface area contributed by atoms with Gasteiger partial charge in [-0.25, -0.2) is 0 Å². The maximum Gasteiger partial charge on any atom is 0.304 e. The molecule has 1 saturated heterocycles. The first kappa shape index (κ1) is 11.7. The monoisotopic (exact) mass is 260 g/mol. The summed E-state index contributed by atoms with van der Waals surface area (Å²) in [6.45, 7) is 0.828. The molecule has 0 amide bonds. The molecule has 1 heterocycles. The Bertz CT molecular complexity index is 427. The molecule has 2 rings (SSSR count). The summed E-state index contributed by atoms with van der Waals surface area (Å²) < 4.78 is 5.12. The second-order valence-electron chi connectivity index (χ2n) is 3.97. The van der Waals surface area contributed by atoms with Gasteiger partial charge in [-0.15, -0.1) is 0 Å². The van der Waals surface area contributed by atoms with Gasteiger partial charge in [0.15, 0.2) is 0 Å².